The second-order valence-electron chi connectivity index (χ2n) is 2.12. The van der Waals surface area contributed by atoms with E-state index in [9.17, 15) is 0 Å². The van der Waals surface area contributed by atoms with Crippen LogP contribution in [0.1, 0.15) is 13.8 Å². The third-order valence-corrected chi connectivity index (χ3v) is 1.23. The van der Waals surface area contributed by atoms with E-state index in [0.717, 1.165) is 5.57 Å². The molecule has 0 rings (SSSR count). The molecule has 0 unspecified atom stereocenters. The molecule has 0 aliphatic heterocycles. The van der Waals surface area contributed by atoms with Gasteiger partial charge in [-0.2, -0.15) is 0 Å². The maximum Gasteiger partial charge on any atom is 0.112 e. The number of nitrogens with one attached hydrogen (secondary N) is 1. The normalized spacial score (nSPS) is 10.9. The summed E-state index contributed by atoms with van der Waals surface area (Å²) in [5, 5.41) is 7.20. The van der Waals surface area contributed by atoms with Crippen LogP contribution < -0.4 is 0 Å². The third kappa shape index (κ3) is 3.07. The Morgan fingerprint density at radius 2 is 2.00 bits per heavy atom. The highest BCUT2D eigenvalue weighted by atomic mass is 16.5. The summed E-state index contributed by atoms with van der Waals surface area (Å²) in [6, 6.07) is 0. The molecule has 0 saturated heterocycles. The topological polar surface area (TPSA) is 33.1 Å². The molecule has 0 spiro atoms. The first-order chi connectivity index (χ1) is 4.57. The van der Waals surface area contributed by atoms with Gasteiger partial charge in [0.1, 0.15) is 5.76 Å². The van der Waals surface area contributed by atoms with Crippen molar-refractivity contribution in [3.63, 3.8) is 0 Å². The number of allylic oxidation sites excluding steroid dienone is 2. The molecule has 56 valence electrons. The van der Waals surface area contributed by atoms with E-state index < -0.39 is 0 Å². The van der Waals surface area contributed by atoms with Crippen molar-refractivity contribution in [3.8, 4) is 0 Å². The highest BCUT2D eigenvalue weighted by Crippen LogP contribution is 2.00. The lowest BCUT2D eigenvalue weighted by Gasteiger charge is -1.99. The van der Waals surface area contributed by atoms with Gasteiger partial charge in [-0.3, -0.25) is 0 Å². The van der Waals surface area contributed by atoms with Crippen LogP contribution in [0.15, 0.2) is 24.0 Å². The van der Waals surface area contributed by atoms with E-state index in [1.807, 2.05) is 6.92 Å². The standard InChI is InChI=1S/C8H13NO/c1-6(8(3)9)5-7(2)10-4/h5,9H,2H2,1,3-4H3/b6-5+,9-8?. The Labute approximate surface area is 61.7 Å². The zero-order valence-corrected chi connectivity index (χ0v) is 6.69. The molecule has 0 atom stereocenters. The van der Waals surface area contributed by atoms with Crippen LogP contribution in [0.3, 0.4) is 0 Å². The van der Waals surface area contributed by atoms with E-state index in [1.165, 1.54) is 0 Å². The molecule has 0 aromatic carbocycles. The Hall–Kier alpha value is -1.05. The van der Waals surface area contributed by atoms with Crippen molar-refractivity contribution in [2.75, 3.05) is 7.11 Å². The van der Waals surface area contributed by atoms with E-state index in [2.05, 4.69) is 6.58 Å². The molecule has 1 N–H and O–H groups in total. The minimum absolute atomic E-state index is 0.540. The van der Waals surface area contributed by atoms with Crippen molar-refractivity contribution in [2.24, 2.45) is 0 Å². The number of methoxy groups -OCH3 is 1. The van der Waals surface area contributed by atoms with Gasteiger partial charge in [0.25, 0.3) is 0 Å². The summed E-state index contributed by atoms with van der Waals surface area (Å²) in [5.74, 6) is 0.587. The van der Waals surface area contributed by atoms with Crippen LogP contribution in [-0.2, 0) is 4.74 Å². The van der Waals surface area contributed by atoms with Gasteiger partial charge >= 0.3 is 0 Å². The Bertz CT molecular complexity index is 180. The summed E-state index contributed by atoms with van der Waals surface area (Å²) in [7, 11) is 1.56. The molecule has 0 aliphatic carbocycles. The van der Waals surface area contributed by atoms with Gasteiger partial charge in [-0.15, -0.1) is 0 Å². The van der Waals surface area contributed by atoms with Gasteiger partial charge in [0.05, 0.1) is 7.11 Å². The molecular formula is C8H13NO. The Balaban J connectivity index is 4.16. The third-order valence-electron chi connectivity index (χ3n) is 1.23. The van der Waals surface area contributed by atoms with E-state index in [-0.39, 0.29) is 0 Å². The average molecular weight is 139 g/mol. The molecule has 0 saturated carbocycles. The van der Waals surface area contributed by atoms with Gasteiger partial charge in [0.15, 0.2) is 0 Å². The molecule has 0 heterocycles. The molecule has 10 heavy (non-hydrogen) atoms. The number of hydrogen-bond acceptors (Lipinski definition) is 2. The summed E-state index contributed by atoms with van der Waals surface area (Å²) >= 11 is 0. The highest BCUT2D eigenvalue weighted by molar-refractivity contribution is 5.95. The van der Waals surface area contributed by atoms with Gasteiger partial charge in [0, 0.05) is 5.71 Å². The van der Waals surface area contributed by atoms with Crippen LogP contribution in [0, 0.1) is 5.41 Å². The van der Waals surface area contributed by atoms with E-state index in [4.69, 9.17) is 10.1 Å². The minimum Gasteiger partial charge on any atom is -0.497 e. The smallest absolute Gasteiger partial charge is 0.112 e. The van der Waals surface area contributed by atoms with Crippen LogP contribution in [0.25, 0.3) is 0 Å². The quantitative estimate of drug-likeness (QED) is 0.362. The second kappa shape index (κ2) is 3.88. The molecule has 2 nitrogen and oxygen atoms in total. The SMILES string of the molecule is C=C(/C=C(\C)C(C)=N)OC. The lowest BCUT2D eigenvalue weighted by atomic mass is 10.2. The first-order valence-electron chi connectivity index (χ1n) is 3.04. The molecule has 0 aromatic rings. The predicted molar refractivity (Wildman–Crippen MR) is 43.3 cm³/mol. The molecule has 0 aromatic heterocycles. The summed E-state index contributed by atoms with van der Waals surface area (Å²) in [5.41, 5.74) is 1.42. The molecule has 0 fully saturated rings. The van der Waals surface area contributed by atoms with E-state index in [0.29, 0.717) is 11.5 Å². The summed E-state index contributed by atoms with van der Waals surface area (Å²) < 4.78 is 4.80. The molecule has 0 amide bonds. The zero-order chi connectivity index (χ0) is 8.15. The molecule has 2 heteroatoms. The van der Waals surface area contributed by atoms with Gasteiger partial charge < -0.3 is 10.1 Å². The number of ether oxygens (including phenoxy) is 1. The summed E-state index contributed by atoms with van der Waals surface area (Å²) in [6.45, 7) is 7.18. The second-order valence-corrected chi connectivity index (χ2v) is 2.12. The lowest BCUT2D eigenvalue weighted by Crippen LogP contribution is -1.91. The Morgan fingerprint density at radius 1 is 1.50 bits per heavy atom. The van der Waals surface area contributed by atoms with Crippen molar-refractivity contribution in [1.29, 1.82) is 5.41 Å². The fourth-order valence-electron chi connectivity index (χ4n) is 0.409. The average Bonchev–Trinajstić information content (AvgIpc) is 1.87. The molecule has 0 bridgehead atoms. The maximum absolute atomic E-state index is 7.20. The van der Waals surface area contributed by atoms with Crippen LogP contribution in [0.5, 0.6) is 0 Å². The summed E-state index contributed by atoms with van der Waals surface area (Å²) in [4.78, 5) is 0. The minimum atomic E-state index is 0.540. The molecular weight excluding hydrogens is 126 g/mol. The monoisotopic (exact) mass is 139 g/mol. The zero-order valence-electron chi connectivity index (χ0n) is 6.69. The van der Waals surface area contributed by atoms with E-state index in [1.54, 1.807) is 20.1 Å². The summed E-state index contributed by atoms with van der Waals surface area (Å²) in [6.07, 6.45) is 1.74. The van der Waals surface area contributed by atoms with Gasteiger partial charge in [-0.25, -0.2) is 0 Å². The maximum atomic E-state index is 7.20. The number of rotatable bonds is 3. The largest absolute Gasteiger partial charge is 0.497 e. The van der Waals surface area contributed by atoms with Crippen molar-refractivity contribution < 1.29 is 4.74 Å². The predicted octanol–water partition coefficient (Wildman–Crippen LogP) is 2.13. The molecule has 0 aliphatic rings. The highest BCUT2D eigenvalue weighted by Gasteiger charge is 1.91. The van der Waals surface area contributed by atoms with Gasteiger partial charge in [-0.05, 0) is 25.5 Å². The van der Waals surface area contributed by atoms with Crippen LogP contribution in [0.2, 0.25) is 0 Å². The van der Waals surface area contributed by atoms with Crippen molar-refractivity contribution >= 4 is 5.71 Å². The first kappa shape index (κ1) is 8.95. The van der Waals surface area contributed by atoms with Crippen LogP contribution in [0.4, 0.5) is 0 Å². The molecule has 0 radical (unpaired) electrons. The van der Waals surface area contributed by atoms with Gasteiger partial charge in [0.2, 0.25) is 0 Å². The van der Waals surface area contributed by atoms with Crippen LogP contribution in [-0.4, -0.2) is 12.8 Å². The van der Waals surface area contributed by atoms with Crippen LogP contribution >= 0.6 is 0 Å². The Kier molecular flexibility index (Phi) is 3.47. The van der Waals surface area contributed by atoms with Crippen molar-refractivity contribution in [3.05, 3.63) is 24.0 Å². The fraction of sp³-hybridized carbons (Fsp3) is 0.375. The van der Waals surface area contributed by atoms with E-state index >= 15 is 0 Å². The lowest BCUT2D eigenvalue weighted by molar-refractivity contribution is 0.308. The fourth-order valence-corrected chi connectivity index (χ4v) is 0.409. The van der Waals surface area contributed by atoms with Crippen molar-refractivity contribution in [2.45, 2.75) is 13.8 Å². The Morgan fingerprint density at radius 3 is 2.30 bits per heavy atom. The first-order valence-corrected chi connectivity index (χ1v) is 3.04. The van der Waals surface area contributed by atoms with Gasteiger partial charge in [-0.1, -0.05) is 6.58 Å². The van der Waals surface area contributed by atoms with Crippen molar-refractivity contribution in [1.82, 2.24) is 0 Å². The number of hydrogen-bond donors (Lipinski definition) is 1.